The number of hydrogen-bond acceptors (Lipinski definition) is 2. The van der Waals surface area contributed by atoms with Crippen LogP contribution < -0.4 is 10.1 Å². The minimum atomic E-state index is -0.0177. The lowest BCUT2D eigenvalue weighted by Crippen LogP contribution is -2.59. The van der Waals surface area contributed by atoms with Crippen molar-refractivity contribution in [1.82, 2.24) is 0 Å². The van der Waals surface area contributed by atoms with Gasteiger partial charge in [0.2, 0.25) is 0 Å². The van der Waals surface area contributed by atoms with Gasteiger partial charge >= 0.3 is 0 Å². The van der Waals surface area contributed by atoms with E-state index in [4.69, 9.17) is 4.74 Å². The summed E-state index contributed by atoms with van der Waals surface area (Å²) in [7, 11) is 1.66. The number of carbonyl (C=O) groups excluding carboxylic acids is 1. The Morgan fingerprint density at radius 1 is 1.09 bits per heavy atom. The molecule has 1 amide bonds. The zero-order chi connectivity index (χ0) is 17.6. The number of amides is 1. The summed E-state index contributed by atoms with van der Waals surface area (Å²) in [5.41, 5.74) is 2.98. The van der Waals surface area contributed by atoms with Gasteiger partial charge in [-0.05, 0) is 57.9 Å². The molecule has 0 heterocycles. The quantitative estimate of drug-likeness (QED) is 0.737. The highest BCUT2D eigenvalue weighted by Crippen LogP contribution is 2.27. The summed E-state index contributed by atoms with van der Waals surface area (Å²) in [5.74, 6) is 0.945. The van der Waals surface area contributed by atoms with Crippen molar-refractivity contribution in [1.29, 1.82) is 0 Å². The van der Waals surface area contributed by atoms with Crippen LogP contribution in [0.3, 0.4) is 0 Å². The van der Waals surface area contributed by atoms with Gasteiger partial charge in [-0.1, -0.05) is 6.92 Å². The molecule has 0 bridgehead atoms. The summed E-state index contributed by atoms with van der Waals surface area (Å²) in [4.78, 5) is 13.0. The number of aryl methyl sites for hydroxylation is 2. The first-order valence-electron chi connectivity index (χ1n) is 8.70. The number of quaternary nitrogens is 1. The number of anilines is 1. The van der Waals surface area contributed by atoms with E-state index in [1.54, 1.807) is 7.11 Å². The molecule has 1 unspecified atom stereocenters. The molecule has 1 rings (SSSR count). The van der Waals surface area contributed by atoms with Gasteiger partial charge in [0.15, 0.2) is 6.04 Å². The second-order valence-corrected chi connectivity index (χ2v) is 6.22. The Bertz CT molecular complexity index is 505. The number of methoxy groups -OCH3 is 1. The number of carbonyl (C=O) groups is 1. The van der Waals surface area contributed by atoms with Crippen LogP contribution in [0.2, 0.25) is 0 Å². The molecular formula is C19H33N2O2+. The molecule has 0 aliphatic heterocycles. The van der Waals surface area contributed by atoms with Gasteiger partial charge < -0.3 is 14.5 Å². The van der Waals surface area contributed by atoms with Crippen molar-refractivity contribution in [2.45, 2.75) is 54.0 Å². The van der Waals surface area contributed by atoms with E-state index in [9.17, 15) is 4.79 Å². The maximum absolute atomic E-state index is 13.0. The Balaban J connectivity index is 3.10. The van der Waals surface area contributed by atoms with Crippen molar-refractivity contribution in [2.24, 2.45) is 0 Å². The molecule has 0 radical (unpaired) electrons. The van der Waals surface area contributed by atoms with Gasteiger partial charge in [0.25, 0.3) is 5.91 Å². The van der Waals surface area contributed by atoms with E-state index >= 15 is 0 Å². The number of hydrogen-bond donors (Lipinski definition) is 1. The molecule has 4 heteroatoms. The van der Waals surface area contributed by atoms with Crippen LogP contribution >= 0.6 is 0 Å². The fourth-order valence-electron chi connectivity index (χ4n) is 3.60. The topological polar surface area (TPSA) is 38.3 Å². The summed E-state index contributed by atoms with van der Waals surface area (Å²) < 4.78 is 6.13. The lowest BCUT2D eigenvalue weighted by Gasteiger charge is -2.41. The van der Waals surface area contributed by atoms with Gasteiger partial charge in [-0.15, -0.1) is 0 Å². The average Bonchev–Trinajstić information content (AvgIpc) is 2.55. The molecule has 0 aromatic heterocycles. The summed E-state index contributed by atoms with van der Waals surface area (Å²) in [6, 6.07) is 3.91. The molecule has 1 atom stereocenters. The van der Waals surface area contributed by atoms with Crippen molar-refractivity contribution in [3.63, 3.8) is 0 Å². The van der Waals surface area contributed by atoms with Crippen molar-refractivity contribution < 1.29 is 14.0 Å². The molecular weight excluding hydrogens is 288 g/mol. The highest BCUT2D eigenvalue weighted by molar-refractivity contribution is 5.95. The first-order valence-corrected chi connectivity index (χ1v) is 8.70. The number of ether oxygens (including phenoxy) is 1. The Morgan fingerprint density at radius 2 is 1.57 bits per heavy atom. The van der Waals surface area contributed by atoms with Gasteiger partial charge in [0, 0.05) is 12.1 Å². The predicted molar refractivity (Wildman–Crippen MR) is 97.1 cm³/mol. The van der Waals surface area contributed by atoms with E-state index in [0.29, 0.717) is 0 Å². The molecule has 23 heavy (non-hydrogen) atoms. The lowest BCUT2D eigenvalue weighted by atomic mass is 10.1. The van der Waals surface area contributed by atoms with E-state index in [1.807, 2.05) is 26.0 Å². The summed E-state index contributed by atoms with van der Waals surface area (Å²) in [5, 5.41) is 3.18. The lowest BCUT2D eigenvalue weighted by molar-refractivity contribution is -0.938. The number of benzene rings is 1. The highest BCUT2D eigenvalue weighted by atomic mass is 16.5. The SMILES string of the molecule is CCC(C(=O)Nc1c(C)cc(OC)cc1C)[N+](CC)(CC)CC. The Morgan fingerprint density at radius 3 is 1.91 bits per heavy atom. The highest BCUT2D eigenvalue weighted by Gasteiger charge is 2.37. The van der Waals surface area contributed by atoms with Crippen LogP contribution in [0.4, 0.5) is 5.69 Å². The molecule has 0 fully saturated rings. The normalized spacial score (nSPS) is 12.8. The van der Waals surface area contributed by atoms with E-state index < -0.39 is 0 Å². The zero-order valence-electron chi connectivity index (χ0n) is 15.8. The number of nitrogens with zero attached hydrogens (tertiary/aromatic N) is 1. The monoisotopic (exact) mass is 321 g/mol. The third-order valence-electron chi connectivity index (χ3n) is 5.23. The summed E-state index contributed by atoms with van der Waals surface area (Å²) >= 11 is 0. The van der Waals surface area contributed by atoms with E-state index in [0.717, 1.165) is 53.1 Å². The zero-order valence-corrected chi connectivity index (χ0v) is 15.8. The number of rotatable bonds is 8. The Hall–Kier alpha value is -1.55. The third kappa shape index (κ3) is 4.05. The third-order valence-corrected chi connectivity index (χ3v) is 5.23. The fraction of sp³-hybridized carbons (Fsp3) is 0.632. The first-order chi connectivity index (χ1) is 10.9. The Kier molecular flexibility index (Phi) is 7.07. The van der Waals surface area contributed by atoms with Gasteiger partial charge in [0.05, 0.1) is 26.7 Å². The van der Waals surface area contributed by atoms with Crippen LogP contribution in [0.5, 0.6) is 5.75 Å². The molecule has 0 aliphatic rings. The maximum atomic E-state index is 13.0. The van der Waals surface area contributed by atoms with Crippen LogP contribution in [-0.2, 0) is 4.79 Å². The van der Waals surface area contributed by atoms with Crippen LogP contribution in [0.25, 0.3) is 0 Å². The van der Waals surface area contributed by atoms with E-state index in [1.165, 1.54) is 0 Å². The molecule has 1 aromatic rings. The molecule has 0 saturated carbocycles. The molecule has 1 aromatic carbocycles. The molecule has 0 saturated heterocycles. The van der Waals surface area contributed by atoms with Crippen molar-refractivity contribution in [2.75, 3.05) is 32.1 Å². The predicted octanol–water partition coefficient (Wildman–Crippen LogP) is 3.91. The average molecular weight is 321 g/mol. The summed E-state index contributed by atoms with van der Waals surface area (Å²) in [6.45, 7) is 15.6. The van der Waals surface area contributed by atoms with Crippen molar-refractivity contribution in [3.05, 3.63) is 23.3 Å². The fourth-order valence-corrected chi connectivity index (χ4v) is 3.60. The molecule has 1 N–H and O–H groups in total. The number of nitrogens with one attached hydrogen (secondary N) is 1. The first kappa shape index (κ1) is 19.5. The van der Waals surface area contributed by atoms with Gasteiger partial charge in [0.1, 0.15) is 5.75 Å². The minimum Gasteiger partial charge on any atom is -0.497 e. The summed E-state index contributed by atoms with van der Waals surface area (Å²) in [6.07, 6.45) is 0.843. The molecule has 130 valence electrons. The van der Waals surface area contributed by atoms with Crippen molar-refractivity contribution in [3.8, 4) is 5.75 Å². The van der Waals surface area contributed by atoms with Crippen LogP contribution in [-0.4, -0.2) is 43.2 Å². The minimum absolute atomic E-state index is 0.0177. The smallest absolute Gasteiger partial charge is 0.282 e. The van der Waals surface area contributed by atoms with Gasteiger partial charge in [-0.3, -0.25) is 4.79 Å². The maximum Gasteiger partial charge on any atom is 0.282 e. The second kappa shape index (κ2) is 8.34. The Labute approximate surface area is 141 Å². The van der Waals surface area contributed by atoms with Crippen LogP contribution in [0.15, 0.2) is 12.1 Å². The van der Waals surface area contributed by atoms with Gasteiger partial charge in [-0.2, -0.15) is 0 Å². The standard InChI is InChI=1S/C19H32N2O2/c1-8-17(21(9-2,10-3)11-4)19(22)20-18-14(5)12-16(23-7)13-15(18)6/h12-13,17H,8-11H2,1-7H3/p+1. The molecule has 0 aliphatic carbocycles. The molecule has 4 nitrogen and oxygen atoms in total. The van der Waals surface area contributed by atoms with E-state index in [2.05, 4.69) is 33.0 Å². The van der Waals surface area contributed by atoms with E-state index in [-0.39, 0.29) is 11.9 Å². The number of likely N-dealkylation sites (N-methyl/N-ethyl adjacent to an activating group) is 1. The van der Waals surface area contributed by atoms with Crippen LogP contribution in [0.1, 0.15) is 45.2 Å². The molecule has 0 spiro atoms. The second-order valence-electron chi connectivity index (χ2n) is 6.22. The van der Waals surface area contributed by atoms with Gasteiger partial charge in [-0.25, -0.2) is 0 Å². The largest absolute Gasteiger partial charge is 0.497 e. The van der Waals surface area contributed by atoms with Crippen LogP contribution in [0, 0.1) is 13.8 Å². The van der Waals surface area contributed by atoms with Crippen molar-refractivity contribution >= 4 is 11.6 Å².